The normalized spacial score (nSPS) is 12.7. The number of alkyl halides is 3. The third-order valence-electron chi connectivity index (χ3n) is 2.97. The van der Waals surface area contributed by atoms with Crippen molar-refractivity contribution < 1.29 is 17.6 Å². The molecule has 2 rings (SSSR count). The molecule has 0 bridgehead atoms. The number of nitrogens with zero attached hydrogens (tertiary/aromatic N) is 2. The molecule has 114 valence electrons. The summed E-state index contributed by atoms with van der Waals surface area (Å²) < 4.78 is 51.5. The van der Waals surface area contributed by atoms with E-state index in [0.717, 1.165) is 4.68 Å². The van der Waals surface area contributed by atoms with Crippen LogP contribution in [0.5, 0.6) is 0 Å². The summed E-state index contributed by atoms with van der Waals surface area (Å²) in [7, 11) is 0. The second-order valence-corrected chi connectivity index (χ2v) is 5.96. The molecule has 0 spiro atoms. The summed E-state index contributed by atoms with van der Waals surface area (Å²) in [6.45, 7) is 4.48. The lowest BCUT2D eigenvalue weighted by Crippen LogP contribution is -2.19. The van der Waals surface area contributed by atoms with E-state index in [2.05, 4.69) is 5.10 Å². The summed E-state index contributed by atoms with van der Waals surface area (Å²) in [4.78, 5) is 0. The standard InChI is InChI=1S/C15H16F4N2/c1-14(2,3)13-12(10-4-6-11(16)7-5-10)8-21(20-13)9-15(17,18)19/h4-8H,9H2,1-3H3. The van der Waals surface area contributed by atoms with Gasteiger partial charge in [-0.15, -0.1) is 0 Å². The average molecular weight is 300 g/mol. The van der Waals surface area contributed by atoms with Gasteiger partial charge in [-0.05, 0) is 17.7 Å². The van der Waals surface area contributed by atoms with Crippen LogP contribution in [-0.2, 0) is 12.0 Å². The van der Waals surface area contributed by atoms with Crippen molar-refractivity contribution in [3.05, 3.63) is 42.0 Å². The second-order valence-electron chi connectivity index (χ2n) is 5.96. The quantitative estimate of drug-likeness (QED) is 0.744. The van der Waals surface area contributed by atoms with E-state index in [1.165, 1.54) is 18.3 Å². The maximum atomic E-state index is 13.0. The highest BCUT2D eigenvalue weighted by atomic mass is 19.4. The summed E-state index contributed by atoms with van der Waals surface area (Å²) in [5, 5.41) is 4.07. The SMILES string of the molecule is CC(C)(C)c1nn(CC(F)(F)F)cc1-c1ccc(F)cc1. The van der Waals surface area contributed by atoms with Crippen molar-refractivity contribution in [2.75, 3.05) is 0 Å². The molecule has 1 aromatic carbocycles. The Labute approximate surface area is 120 Å². The molecule has 0 aliphatic carbocycles. The molecule has 1 heterocycles. The monoisotopic (exact) mass is 300 g/mol. The topological polar surface area (TPSA) is 17.8 Å². The lowest BCUT2D eigenvalue weighted by molar-refractivity contribution is -0.142. The number of hydrogen-bond donors (Lipinski definition) is 0. The van der Waals surface area contributed by atoms with E-state index in [4.69, 9.17) is 0 Å². The molecule has 6 heteroatoms. The van der Waals surface area contributed by atoms with Crippen LogP contribution in [-0.4, -0.2) is 16.0 Å². The van der Waals surface area contributed by atoms with E-state index in [1.54, 1.807) is 12.1 Å². The summed E-state index contributed by atoms with van der Waals surface area (Å²) in [6, 6.07) is 5.64. The largest absolute Gasteiger partial charge is 0.408 e. The lowest BCUT2D eigenvalue weighted by atomic mass is 9.87. The van der Waals surface area contributed by atoms with Gasteiger partial charge in [-0.3, -0.25) is 4.68 Å². The van der Waals surface area contributed by atoms with E-state index in [0.29, 0.717) is 16.8 Å². The zero-order valence-electron chi connectivity index (χ0n) is 12.0. The third kappa shape index (κ3) is 3.83. The van der Waals surface area contributed by atoms with Crippen molar-refractivity contribution in [3.63, 3.8) is 0 Å². The second kappa shape index (κ2) is 5.16. The van der Waals surface area contributed by atoms with E-state index < -0.39 is 24.0 Å². The van der Waals surface area contributed by atoms with Gasteiger partial charge < -0.3 is 0 Å². The summed E-state index contributed by atoms with van der Waals surface area (Å²) in [5.74, 6) is -0.390. The zero-order valence-corrected chi connectivity index (χ0v) is 12.0. The minimum Gasteiger partial charge on any atom is -0.263 e. The van der Waals surface area contributed by atoms with Gasteiger partial charge in [0.2, 0.25) is 0 Å². The fraction of sp³-hybridized carbons (Fsp3) is 0.400. The molecule has 0 saturated heterocycles. The van der Waals surface area contributed by atoms with Crippen LogP contribution in [0, 0.1) is 5.82 Å². The Balaban J connectivity index is 2.50. The van der Waals surface area contributed by atoms with Crippen molar-refractivity contribution in [1.82, 2.24) is 9.78 Å². The molecule has 0 aliphatic heterocycles. The van der Waals surface area contributed by atoms with Crippen LogP contribution in [0.1, 0.15) is 26.5 Å². The highest BCUT2D eigenvalue weighted by molar-refractivity contribution is 5.66. The number of benzene rings is 1. The molecule has 0 fully saturated rings. The highest BCUT2D eigenvalue weighted by Crippen LogP contribution is 2.32. The van der Waals surface area contributed by atoms with Gasteiger partial charge in [0.1, 0.15) is 12.4 Å². The van der Waals surface area contributed by atoms with Crippen molar-refractivity contribution in [2.24, 2.45) is 0 Å². The third-order valence-corrected chi connectivity index (χ3v) is 2.97. The Morgan fingerprint density at radius 2 is 1.62 bits per heavy atom. The smallest absolute Gasteiger partial charge is 0.263 e. The molecule has 0 aliphatic rings. The maximum Gasteiger partial charge on any atom is 0.408 e. The van der Waals surface area contributed by atoms with Crippen LogP contribution in [0.4, 0.5) is 17.6 Å². The van der Waals surface area contributed by atoms with E-state index >= 15 is 0 Å². The number of hydrogen-bond acceptors (Lipinski definition) is 1. The molecule has 0 radical (unpaired) electrons. The first-order valence-electron chi connectivity index (χ1n) is 6.47. The van der Waals surface area contributed by atoms with Crippen LogP contribution >= 0.6 is 0 Å². The van der Waals surface area contributed by atoms with E-state index in [-0.39, 0.29) is 0 Å². The first-order valence-corrected chi connectivity index (χ1v) is 6.47. The molecular weight excluding hydrogens is 284 g/mol. The fourth-order valence-corrected chi connectivity index (χ4v) is 2.08. The molecule has 1 aromatic heterocycles. The van der Waals surface area contributed by atoms with Crippen molar-refractivity contribution in [3.8, 4) is 11.1 Å². The van der Waals surface area contributed by atoms with Crippen LogP contribution in [0.3, 0.4) is 0 Å². The molecule has 2 nitrogen and oxygen atoms in total. The van der Waals surface area contributed by atoms with Gasteiger partial charge in [0.15, 0.2) is 0 Å². The van der Waals surface area contributed by atoms with Gasteiger partial charge in [0.25, 0.3) is 0 Å². The van der Waals surface area contributed by atoms with Crippen LogP contribution in [0.15, 0.2) is 30.5 Å². The van der Waals surface area contributed by atoms with Crippen LogP contribution < -0.4 is 0 Å². The number of rotatable bonds is 2. The van der Waals surface area contributed by atoms with Crippen molar-refractivity contribution >= 4 is 0 Å². The Bertz CT molecular complexity index is 619. The number of aromatic nitrogens is 2. The minimum atomic E-state index is -4.33. The number of halogens is 4. The van der Waals surface area contributed by atoms with Crippen LogP contribution in [0.2, 0.25) is 0 Å². The Kier molecular flexibility index (Phi) is 3.82. The Morgan fingerprint density at radius 3 is 2.10 bits per heavy atom. The van der Waals surface area contributed by atoms with Gasteiger partial charge in [-0.2, -0.15) is 18.3 Å². The van der Waals surface area contributed by atoms with Gasteiger partial charge in [0.05, 0.1) is 5.69 Å². The molecular formula is C15H16F4N2. The zero-order chi connectivity index (χ0) is 15.8. The van der Waals surface area contributed by atoms with Gasteiger partial charge >= 0.3 is 6.18 Å². The van der Waals surface area contributed by atoms with Gasteiger partial charge in [0, 0.05) is 17.2 Å². The first kappa shape index (κ1) is 15.5. The Morgan fingerprint density at radius 1 is 1.05 bits per heavy atom. The predicted molar refractivity (Wildman–Crippen MR) is 72.4 cm³/mol. The first-order chi connectivity index (χ1) is 9.56. The highest BCUT2D eigenvalue weighted by Gasteiger charge is 2.30. The molecule has 0 saturated carbocycles. The van der Waals surface area contributed by atoms with Crippen molar-refractivity contribution in [1.29, 1.82) is 0 Å². The van der Waals surface area contributed by atoms with Gasteiger partial charge in [-0.25, -0.2) is 4.39 Å². The molecule has 0 unspecified atom stereocenters. The molecule has 0 amide bonds. The van der Waals surface area contributed by atoms with Gasteiger partial charge in [-0.1, -0.05) is 32.9 Å². The molecule has 21 heavy (non-hydrogen) atoms. The maximum absolute atomic E-state index is 13.0. The summed E-state index contributed by atoms with van der Waals surface area (Å²) >= 11 is 0. The molecule has 0 N–H and O–H groups in total. The Hall–Kier alpha value is -1.85. The molecule has 0 atom stereocenters. The fourth-order valence-electron chi connectivity index (χ4n) is 2.08. The summed E-state index contributed by atoms with van der Waals surface area (Å²) in [5.41, 5.74) is 1.38. The van der Waals surface area contributed by atoms with Crippen LogP contribution in [0.25, 0.3) is 11.1 Å². The average Bonchev–Trinajstić information content (AvgIpc) is 2.71. The lowest BCUT2D eigenvalue weighted by Gasteiger charge is -2.17. The van der Waals surface area contributed by atoms with E-state index in [9.17, 15) is 17.6 Å². The summed E-state index contributed by atoms with van der Waals surface area (Å²) in [6.07, 6.45) is -2.97. The van der Waals surface area contributed by atoms with E-state index in [1.807, 2.05) is 20.8 Å². The minimum absolute atomic E-state index is 0.390. The molecule has 2 aromatic rings. The predicted octanol–water partition coefficient (Wildman–Crippen LogP) is 4.55. The van der Waals surface area contributed by atoms with Crippen molar-refractivity contribution in [2.45, 2.75) is 38.9 Å².